The molecule has 10 heteroatoms. The first-order chi connectivity index (χ1) is 15.1. The summed E-state index contributed by atoms with van der Waals surface area (Å²) in [5, 5.41) is 2.69. The summed E-state index contributed by atoms with van der Waals surface area (Å²) in [6.45, 7) is 1.46. The van der Waals surface area contributed by atoms with Crippen molar-refractivity contribution in [3.63, 3.8) is 0 Å². The Balaban J connectivity index is 1.67. The molecule has 0 aliphatic carbocycles. The summed E-state index contributed by atoms with van der Waals surface area (Å²) in [6, 6.07) is 12.0. The van der Waals surface area contributed by atoms with Gasteiger partial charge in [-0.05, 0) is 30.7 Å². The van der Waals surface area contributed by atoms with Crippen LogP contribution in [0, 0.1) is 6.92 Å². The molecule has 2 heterocycles. The second kappa shape index (κ2) is 8.40. The van der Waals surface area contributed by atoms with Gasteiger partial charge in [-0.15, -0.1) is 11.3 Å². The number of alkyl halides is 3. The van der Waals surface area contributed by atoms with Gasteiger partial charge in [0, 0.05) is 10.4 Å². The number of aromatic nitrogens is 2. The molecule has 0 atom stereocenters. The Labute approximate surface area is 189 Å². The Morgan fingerprint density at radius 3 is 2.59 bits per heavy atom. The minimum atomic E-state index is -4.58. The lowest BCUT2D eigenvalue weighted by molar-refractivity contribution is -0.137. The molecule has 0 saturated heterocycles. The van der Waals surface area contributed by atoms with Gasteiger partial charge in [-0.2, -0.15) is 13.2 Å². The summed E-state index contributed by atoms with van der Waals surface area (Å²) >= 11 is 7.31. The maximum Gasteiger partial charge on any atom is 0.416 e. The highest BCUT2D eigenvalue weighted by molar-refractivity contribution is 7.19. The van der Waals surface area contributed by atoms with Crippen molar-refractivity contribution in [2.45, 2.75) is 19.6 Å². The van der Waals surface area contributed by atoms with Crippen molar-refractivity contribution < 1.29 is 18.0 Å². The number of halogens is 4. The number of rotatable bonds is 4. The molecule has 164 valence electrons. The first kappa shape index (κ1) is 22.0. The third-order valence-electron chi connectivity index (χ3n) is 4.80. The van der Waals surface area contributed by atoms with E-state index >= 15 is 0 Å². The van der Waals surface area contributed by atoms with Crippen molar-refractivity contribution >= 4 is 44.7 Å². The van der Waals surface area contributed by atoms with Crippen molar-refractivity contribution in [2.75, 3.05) is 5.32 Å². The van der Waals surface area contributed by atoms with Crippen LogP contribution in [0.1, 0.15) is 10.4 Å². The van der Waals surface area contributed by atoms with Gasteiger partial charge in [0.25, 0.3) is 5.56 Å². The highest BCUT2D eigenvalue weighted by Crippen LogP contribution is 2.35. The van der Waals surface area contributed by atoms with E-state index in [0.29, 0.717) is 10.2 Å². The monoisotopic (exact) mass is 477 g/mol. The second-order valence-electron chi connectivity index (χ2n) is 7.00. The molecular weight excluding hydrogens is 463 g/mol. The molecule has 0 radical (unpaired) electrons. The van der Waals surface area contributed by atoms with E-state index in [4.69, 9.17) is 11.6 Å². The summed E-state index contributed by atoms with van der Waals surface area (Å²) in [5.41, 5.74) is 0.0546. The van der Waals surface area contributed by atoms with Crippen LogP contribution in [0.5, 0.6) is 0 Å². The maximum absolute atomic E-state index is 13.2. The number of thiophene rings is 1. The van der Waals surface area contributed by atoms with Crippen molar-refractivity contribution in [2.24, 2.45) is 0 Å². The van der Waals surface area contributed by atoms with Gasteiger partial charge < -0.3 is 5.32 Å². The fourth-order valence-corrected chi connectivity index (χ4v) is 4.51. The SMILES string of the molecule is Cc1sc2ncn(CC(=O)Nc3cc(C(F)(F)F)ccc3Cl)c(=O)c2c1-c1ccccc1. The first-order valence-electron chi connectivity index (χ1n) is 9.35. The predicted octanol–water partition coefficient (Wildman–Crippen LogP) is 5.74. The number of hydrogen-bond donors (Lipinski definition) is 1. The van der Waals surface area contributed by atoms with E-state index in [1.165, 1.54) is 17.7 Å². The zero-order chi connectivity index (χ0) is 23.0. The maximum atomic E-state index is 13.2. The third-order valence-corrected chi connectivity index (χ3v) is 6.14. The molecule has 2 aromatic carbocycles. The van der Waals surface area contributed by atoms with Gasteiger partial charge >= 0.3 is 6.18 Å². The molecule has 0 aliphatic rings. The van der Waals surface area contributed by atoms with Crippen LogP contribution >= 0.6 is 22.9 Å². The molecule has 0 bridgehead atoms. The van der Waals surface area contributed by atoms with E-state index in [-0.39, 0.29) is 10.7 Å². The zero-order valence-electron chi connectivity index (χ0n) is 16.5. The van der Waals surface area contributed by atoms with Gasteiger partial charge in [0.1, 0.15) is 11.4 Å². The van der Waals surface area contributed by atoms with Gasteiger partial charge in [0.05, 0.1) is 28.0 Å². The number of nitrogens with one attached hydrogen (secondary N) is 1. The van der Waals surface area contributed by atoms with Gasteiger partial charge in [0.15, 0.2) is 0 Å². The fourth-order valence-electron chi connectivity index (χ4n) is 3.34. The van der Waals surface area contributed by atoms with Crippen LogP contribution in [0.4, 0.5) is 18.9 Å². The Kier molecular flexibility index (Phi) is 5.79. The van der Waals surface area contributed by atoms with Crippen LogP contribution in [0.15, 0.2) is 59.7 Å². The van der Waals surface area contributed by atoms with E-state index in [1.807, 2.05) is 37.3 Å². The molecule has 0 unspecified atom stereocenters. The number of fused-ring (bicyclic) bond motifs is 1. The van der Waals surface area contributed by atoms with Crippen molar-refractivity contribution in [3.05, 3.63) is 80.7 Å². The number of amides is 1. The predicted molar refractivity (Wildman–Crippen MR) is 119 cm³/mol. The standard InChI is InChI=1S/C22H15ClF3N3O2S/c1-12-18(13-5-3-2-4-6-13)19-20(32-12)27-11-29(21(19)31)10-17(30)28-16-9-14(22(24,25)26)7-8-15(16)23/h2-9,11H,10H2,1H3,(H,28,30). The Morgan fingerprint density at radius 1 is 1.19 bits per heavy atom. The Morgan fingerprint density at radius 2 is 1.91 bits per heavy atom. The topological polar surface area (TPSA) is 64.0 Å². The lowest BCUT2D eigenvalue weighted by Crippen LogP contribution is -2.28. The molecule has 32 heavy (non-hydrogen) atoms. The molecule has 0 saturated carbocycles. The molecule has 4 aromatic rings. The number of carbonyl (C=O) groups excluding carboxylic acids is 1. The van der Waals surface area contributed by atoms with Crippen LogP contribution in [0.2, 0.25) is 5.02 Å². The highest BCUT2D eigenvalue weighted by atomic mass is 35.5. The highest BCUT2D eigenvalue weighted by Gasteiger charge is 2.31. The van der Waals surface area contributed by atoms with Gasteiger partial charge in [0.2, 0.25) is 5.91 Å². The molecule has 1 amide bonds. The van der Waals surface area contributed by atoms with Crippen molar-refractivity contribution in [3.8, 4) is 11.1 Å². The van der Waals surface area contributed by atoms with Crippen LogP contribution < -0.4 is 10.9 Å². The van der Waals surface area contributed by atoms with E-state index in [2.05, 4.69) is 10.3 Å². The number of hydrogen-bond acceptors (Lipinski definition) is 4. The van der Waals surface area contributed by atoms with Crippen LogP contribution in [-0.2, 0) is 17.5 Å². The molecule has 1 N–H and O–H groups in total. The minimum absolute atomic E-state index is 0.0490. The quantitative estimate of drug-likeness (QED) is 0.407. The minimum Gasteiger partial charge on any atom is -0.323 e. The number of benzene rings is 2. The summed E-state index contributed by atoms with van der Waals surface area (Å²) in [4.78, 5) is 31.4. The lowest BCUT2D eigenvalue weighted by atomic mass is 10.0. The normalized spacial score (nSPS) is 11.7. The molecule has 5 nitrogen and oxygen atoms in total. The van der Waals surface area contributed by atoms with E-state index < -0.39 is 29.8 Å². The summed E-state index contributed by atoms with van der Waals surface area (Å²) in [5.74, 6) is -0.706. The van der Waals surface area contributed by atoms with Gasteiger partial charge in [-0.1, -0.05) is 41.9 Å². The third kappa shape index (κ3) is 4.26. The average Bonchev–Trinajstić information content (AvgIpc) is 3.08. The van der Waals surface area contributed by atoms with Crippen LogP contribution in [0.3, 0.4) is 0 Å². The van der Waals surface area contributed by atoms with E-state index in [1.54, 1.807) is 0 Å². The molecule has 2 aromatic heterocycles. The fraction of sp³-hybridized carbons (Fsp3) is 0.136. The molecule has 0 fully saturated rings. The molecular formula is C22H15ClF3N3O2S. The number of nitrogens with zero attached hydrogens (tertiary/aromatic N) is 2. The zero-order valence-corrected chi connectivity index (χ0v) is 18.1. The molecule has 4 rings (SSSR count). The molecule has 0 spiro atoms. The van der Waals surface area contributed by atoms with Crippen LogP contribution in [-0.4, -0.2) is 15.5 Å². The summed E-state index contributed by atoms with van der Waals surface area (Å²) < 4.78 is 40.0. The average molecular weight is 478 g/mol. The Bertz CT molecular complexity index is 1380. The summed E-state index contributed by atoms with van der Waals surface area (Å²) in [7, 11) is 0. The number of anilines is 1. The first-order valence-corrected chi connectivity index (χ1v) is 10.5. The largest absolute Gasteiger partial charge is 0.416 e. The number of carbonyl (C=O) groups is 1. The summed E-state index contributed by atoms with van der Waals surface area (Å²) in [6.07, 6.45) is -3.33. The smallest absolute Gasteiger partial charge is 0.323 e. The number of aryl methyl sites for hydroxylation is 1. The van der Waals surface area contributed by atoms with E-state index in [0.717, 1.165) is 38.8 Å². The van der Waals surface area contributed by atoms with Crippen molar-refractivity contribution in [1.82, 2.24) is 9.55 Å². The molecule has 0 aliphatic heterocycles. The Hall–Kier alpha value is -3.17. The van der Waals surface area contributed by atoms with E-state index in [9.17, 15) is 22.8 Å². The van der Waals surface area contributed by atoms with Gasteiger partial charge in [-0.25, -0.2) is 4.98 Å². The van der Waals surface area contributed by atoms with Gasteiger partial charge in [-0.3, -0.25) is 14.2 Å². The second-order valence-corrected chi connectivity index (χ2v) is 8.61. The van der Waals surface area contributed by atoms with Crippen LogP contribution in [0.25, 0.3) is 21.3 Å². The lowest BCUT2D eigenvalue weighted by Gasteiger charge is -2.12. The van der Waals surface area contributed by atoms with Crippen molar-refractivity contribution in [1.29, 1.82) is 0 Å².